The van der Waals surface area contributed by atoms with Crippen molar-refractivity contribution in [1.29, 1.82) is 0 Å². The van der Waals surface area contributed by atoms with Gasteiger partial charge in [0.15, 0.2) is 6.10 Å². The number of hydrogen-bond donors (Lipinski definition) is 1. The maximum atomic E-state index is 12.7. The van der Waals surface area contributed by atoms with Crippen molar-refractivity contribution < 1.29 is 9.53 Å². The first kappa shape index (κ1) is 18.7. The highest BCUT2D eigenvalue weighted by atomic mass is 16.5. The van der Waals surface area contributed by atoms with Crippen molar-refractivity contribution in [3.63, 3.8) is 0 Å². The summed E-state index contributed by atoms with van der Waals surface area (Å²) in [7, 11) is 4.19. The number of amides is 1. The van der Waals surface area contributed by atoms with Crippen LogP contribution in [0.15, 0.2) is 42.5 Å². The molecule has 4 heteroatoms. The monoisotopic (exact) mass is 354 g/mol. The van der Waals surface area contributed by atoms with E-state index >= 15 is 0 Å². The van der Waals surface area contributed by atoms with Crippen molar-refractivity contribution in [2.75, 3.05) is 20.6 Å². The number of nitrogens with one attached hydrogen (secondary N) is 1. The van der Waals surface area contributed by atoms with Crippen LogP contribution in [0.1, 0.15) is 32.6 Å². The lowest BCUT2D eigenvalue weighted by atomic mass is 9.84. The summed E-state index contributed by atoms with van der Waals surface area (Å²) in [5.74, 6) is 1.26. The standard InChI is InChI=1S/C22H30N2O2/c1-16(26-21-14-8-11-17-9-4-6-12-19(17)21)22(25)23-20-13-7-5-10-18(20)15-24(2)3/h4,6,8-9,11-12,14,16,18,20H,5,7,10,13,15H2,1-3H3,(H,23,25). The van der Waals surface area contributed by atoms with Gasteiger partial charge in [0.2, 0.25) is 0 Å². The molecule has 140 valence electrons. The number of ether oxygens (including phenoxy) is 1. The first-order valence-corrected chi connectivity index (χ1v) is 9.64. The van der Waals surface area contributed by atoms with Gasteiger partial charge in [0.05, 0.1) is 0 Å². The normalized spacial score (nSPS) is 21.5. The predicted molar refractivity (Wildman–Crippen MR) is 106 cm³/mol. The fourth-order valence-corrected chi connectivity index (χ4v) is 3.93. The molecule has 0 spiro atoms. The van der Waals surface area contributed by atoms with Crippen LogP contribution in [0.3, 0.4) is 0 Å². The molecule has 3 unspecified atom stereocenters. The second kappa shape index (κ2) is 8.54. The molecule has 0 bridgehead atoms. The van der Waals surface area contributed by atoms with E-state index in [2.05, 4.69) is 36.4 Å². The zero-order valence-electron chi connectivity index (χ0n) is 16.1. The summed E-state index contributed by atoms with van der Waals surface area (Å²) >= 11 is 0. The maximum absolute atomic E-state index is 12.7. The van der Waals surface area contributed by atoms with Gasteiger partial charge in [-0.05, 0) is 51.2 Å². The number of benzene rings is 2. The third-order valence-electron chi connectivity index (χ3n) is 5.26. The number of carbonyl (C=O) groups excluding carboxylic acids is 1. The molecule has 0 aliphatic heterocycles. The molecule has 1 saturated carbocycles. The zero-order chi connectivity index (χ0) is 18.5. The van der Waals surface area contributed by atoms with Gasteiger partial charge in [-0.2, -0.15) is 0 Å². The predicted octanol–water partition coefficient (Wildman–Crippen LogP) is 3.84. The quantitative estimate of drug-likeness (QED) is 0.857. The number of rotatable bonds is 6. The lowest BCUT2D eigenvalue weighted by Gasteiger charge is -2.34. The highest BCUT2D eigenvalue weighted by Gasteiger charge is 2.28. The van der Waals surface area contributed by atoms with Gasteiger partial charge in [0.25, 0.3) is 5.91 Å². The minimum atomic E-state index is -0.511. The fraction of sp³-hybridized carbons (Fsp3) is 0.500. The fourth-order valence-electron chi connectivity index (χ4n) is 3.93. The third-order valence-corrected chi connectivity index (χ3v) is 5.26. The molecule has 0 aromatic heterocycles. The molecule has 0 heterocycles. The summed E-state index contributed by atoms with van der Waals surface area (Å²) in [5, 5.41) is 5.41. The van der Waals surface area contributed by atoms with Crippen LogP contribution in [0.5, 0.6) is 5.75 Å². The minimum absolute atomic E-state index is 0.0198. The smallest absolute Gasteiger partial charge is 0.261 e. The highest BCUT2D eigenvalue weighted by molar-refractivity contribution is 5.89. The Morgan fingerprint density at radius 2 is 1.88 bits per heavy atom. The van der Waals surface area contributed by atoms with Crippen LogP contribution in [0.25, 0.3) is 10.8 Å². The second-order valence-corrected chi connectivity index (χ2v) is 7.66. The largest absolute Gasteiger partial charge is 0.480 e. The van der Waals surface area contributed by atoms with Crippen molar-refractivity contribution in [1.82, 2.24) is 10.2 Å². The average Bonchev–Trinajstić information content (AvgIpc) is 2.63. The molecule has 1 N–H and O–H groups in total. The van der Waals surface area contributed by atoms with E-state index in [4.69, 9.17) is 4.74 Å². The maximum Gasteiger partial charge on any atom is 0.261 e. The molecule has 3 atom stereocenters. The first-order chi connectivity index (χ1) is 12.5. The van der Waals surface area contributed by atoms with Gasteiger partial charge in [0.1, 0.15) is 5.75 Å². The van der Waals surface area contributed by atoms with Crippen molar-refractivity contribution in [3.05, 3.63) is 42.5 Å². The van der Waals surface area contributed by atoms with Crippen molar-refractivity contribution in [3.8, 4) is 5.75 Å². The van der Waals surface area contributed by atoms with E-state index in [0.29, 0.717) is 5.92 Å². The molecule has 2 aromatic rings. The number of fused-ring (bicyclic) bond motifs is 1. The van der Waals surface area contributed by atoms with Crippen LogP contribution >= 0.6 is 0 Å². The Labute approximate surface area is 156 Å². The summed E-state index contributed by atoms with van der Waals surface area (Å²) in [6.07, 6.45) is 4.18. The van der Waals surface area contributed by atoms with Crippen LogP contribution in [0.4, 0.5) is 0 Å². The molecular weight excluding hydrogens is 324 g/mol. The topological polar surface area (TPSA) is 41.6 Å². The summed E-state index contributed by atoms with van der Waals surface area (Å²) in [6, 6.07) is 14.3. The van der Waals surface area contributed by atoms with Crippen LogP contribution < -0.4 is 10.1 Å². The van der Waals surface area contributed by atoms with E-state index in [1.54, 1.807) is 0 Å². The van der Waals surface area contributed by atoms with E-state index < -0.39 is 6.10 Å². The summed E-state index contributed by atoms with van der Waals surface area (Å²) in [4.78, 5) is 14.9. The minimum Gasteiger partial charge on any atom is -0.480 e. The SMILES string of the molecule is CC(Oc1cccc2ccccc12)C(=O)NC1CCCCC1CN(C)C. The third kappa shape index (κ3) is 4.55. The Kier molecular flexibility index (Phi) is 6.15. The van der Waals surface area contributed by atoms with E-state index in [-0.39, 0.29) is 11.9 Å². The molecule has 0 radical (unpaired) electrons. The van der Waals surface area contributed by atoms with Gasteiger partial charge in [0, 0.05) is 18.0 Å². The van der Waals surface area contributed by atoms with E-state index in [1.807, 2.05) is 37.3 Å². The molecular formula is C22H30N2O2. The molecule has 1 amide bonds. The van der Waals surface area contributed by atoms with Gasteiger partial charge in [-0.15, -0.1) is 0 Å². The van der Waals surface area contributed by atoms with E-state index in [9.17, 15) is 4.79 Å². The van der Waals surface area contributed by atoms with Crippen molar-refractivity contribution >= 4 is 16.7 Å². The van der Waals surface area contributed by atoms with Gasteiger partial charge in [-0.25, -0.2) is 0 Å². The van der Waals surface area contributed by atoms with Gasteiger partial charge < -0.3 is 15.0 Å². The Balaban J connectivity index is 1.65. The van der Waals surface area contributed by atoms with Gasteiger partial charge in [-0.3, -0.25) is 4.79 Å². The molecule has 1 aliphatic rings. The Morgan fingerprint density at radius 3 is 2.69 bits per heavy atom. The molecule has 26 heavy (non-hydrogen) atoms. The van der Waals surface area contributed by atoms with Gasteiger partial charge >= 0.3 is 0 Å². The zero-order valence-corrected chi connectivity index (χ0v) is 16.1. The molecule has 4 nitrogen and oxygen atoms in total. The molecule has 1 fully saturated rings. The summed E-state index contributed by atoms with van der Waals surface area (Å²) < 4.78 is 6.02. The van der Waals surface area contributed by atoms with E-state index in [0.717, 1.165) is 29.5 Å². The van der Waals surface area contributed by atoms with Crippen LogP contribution in [-0.2, 0) is 4.79 Å². The van der Waals surface area contributed by atoms with Crippen LogP contribution in [-0.4, -0.2) is 43.6 Å². The Hall–Kier alpha value is -2.07. The molecule has 0 saturated heterocycles. The van der Waals surface area contributed by atoms with Crippen LogP contribution in [0.2, 0.25) is 0 Å². The van der Waals surface area contributed by atoms with E-state index in [1.165, 1.54) is 19.3 Å². The van der Waals surface area contributed by atoms with Crippen LogP contribution in [0, 0.1) is 5.92 Å². The number of carbonyl (C=O) groups is 1. The second-order valence-electron chi connectivity index (χ2n) is 7.66. The molecule has 3 rings (SSSR count). The van der Waals surface area contributed by atoms with Crippen molar-refractivity contribution in [2.45, 2.75) is 44.8 Å². The number of nitrogens with zero attached hydrogens (tertiary/aromatic N) is 1. The molecule has 2 aromatic carbocycles. The van der Waals surface area contributed by atoms with Gasteiger partial charge in [-0.1, -0.05) is 49.2 Å². The summed E-state index contributed by atoms with van der Waals surface area (Å²) in [6.45, 7) is 2.85. The highest BCUT2D eigenvalue weighted by Crippen LogP contribution is 2.27. The first-order valence-electron chi connectivity index (χ1n) is 9.64. The lowest BCUT2D eigenvalue weighted by Crippen LogP contribution is -2.49. The lowest BCUT2D eigenvalue weighted by molar-refractivity contribution is -0.128. The summed E-state index contributed by atoms with van der Waals surface area (Å²) in [5.41, 5.74) is 0. The molecule has 1 aliphatic carbocycles. The number of hydrogen-bond acceptors (Lipinski definition) is 3. The Morgan fingerprint density at radius 1 is 1.15 bits per heavy atom. The van der Waals surface area contributed by atoms with Crippen molar-refractivity contribution in [2.24, 2.45) is 5.92 Å². The average molecular weight is 354 g/mol. The Bertz CT molecular complexity index is 739.